The highest BCUT2D eigenvalue weighted by Crippen LogP contribution is 1.80. The first-order valence-electron chi connectivity index (χ1n) is 1.71. The van der Waals surface area contributed by atoms with Crippen LogP contribution in [0.5, 0.6) is 0 Å². The number of hydrogen-bond donors (Lipinski definition) is 1. The summed E-state index contributed by atoms with van der Waals surface area (Å²) in [5.74, 6) is 0. The van der Waals surface area contributed by atoms with Gasteiger partial charge in [0.15, 0.2) is 0 Å². The Morgan fingerprint density at radius 1 is 1.50 bits per heavy atom. The standard InChI is InChI=1S/C3H7N.H2/c1-2-4-3-1;/h4H,1-3H2;1H. The lowest BCUT2D eigenvalue weighted by atomic mass is 10.3. The molecule has 0 unspecified atom stereocenters. The number of nitrogens with one attached hydrogen (secondary N) is 1. The van der Waals surface area contributed by atoms with E-state index >= 15 is 0 Å². The summed E-state index contributed by atoms with van der Waals surface area (Å²) < 4.78 is 0. The van der Waals surface area contributed by atoms with Gasteiger partial charge in [0.05, 0.1) is 0 Å². The van der Waals surface area contributed by atoms with Crippen molar-refractivity contribution < 1.29 is 1.43 Å². The molecule has 0 radical (unpaired) electrons. The molecule has 1 heteroatoms. The lowest BCUT2D eigenvalue weighted by Crippen LogP contribution is -2.29. The molecular weight excluding hydrogens is 50.0 g/mol. The highest BCUT2D eigenvalue weighted by atomic mass is 14.9. The molecule has 0 aromatic carbocycles. The molecular formula is C3H9N. The van der Waals surface area contributed by atoms with Gasteiger partial charge in [-0.15, -0.1) is 0 Å². The van der Waals surface area contributed by atoms with Gasteiger partial charge in [-0.25, -0.2) is 0 Å². The topological polar surface area (TPSA) is 12.0 Å². The van der Waals surface area contributed by atoms with E-state index in [9.17, 15) is 0 Å². The van der Waals surface area contributed by atoms with Crippen LogP contribution in [0, 0.1) is 0 Å². The van der Waals surface area contributed by atoms with Crippen LogP contribution in [0.1, 0.15) is 7.85 Å². The largest absolute Gasteiger partial charge is 0.317 e. The van der Waals surface area contributed by atoms with Crippen LogP contribution in [-0.2, 0) is 0 Å². The third-order valence-corrected chi connectivity index (χ3v) is 0.707. The lowest BCUT2D eigenvalue weighted by Gasteiger charge is -2.09. The zero-order valence-electron chi connectivity index (χ0n) is 2.62. The maximum Gasteiger partial charge on any atom is 0 e. The van der Waals surface area contributed by atoms with Gasteiger partial charge in [0.2, 0.25) is 0 Å². The third kappa shape index (κ3) is 0.115. The zero-order chi connectivity index (χ0) is 2.83. The molecule has 0 aromatic heterocycles. The molecule has 0 aliphatic carbocycles. The first-order chi connectivity index (χ1) is 2.00. The molecule has 0 saturated carbocycles. The Bertz CT molecular complexity index is 14.9. The minimum Gasteiger partial charge on any atom is -0.317 e. The quantitative estimate of drug-likeness (QED) is 0.421. The second-order valence-corrected chi connectivity index (χ2v) is 1.10. The van der Waals surface area contributed by atoms with Crippen LogP contribution in [0.4, 0.5) is 0 Å². The van der Waals surface area contributed by atoms with Gasteiger partial charge in [-0.2, -0.15) is 0 Å². The smallest absolute Gasteiger partial charge is 0 e. The second-order valence-electron chi connectivity index (χ2n) is 1.10. The molecule has 0 amide bonds. The molecule has 0 spiro atoms. The summed E-state index contributed by atoms with van der Waals surface area (Å²) in [6.07, 6.45) is 1.39. The van der Waals surface area contributed by atoms with Crippen molar-refractivity contribution in [2.45, 2.75) is 6.42 Å². The normalized spacial score (nSPS) is 24.0. The zero-order valence-corrected chi connectivity index (χ0v) is 2.62. The maximum atomic E-state index is 3.11. The Hall–Kier alpha value is -0.0400. The van der Waals surface area contributed by atoms with Gasteiger partial charge in [0, 0.05) is 1.43 Å². The average molecular weight is 59.1 g/mol. The Kier molecular flexibility index (Phi) is 0.401. The van der Waals surface area contributed by atoms with Gasteiger partial charge in [0.1, 0.15) is 0 Å². The van der Waals surface area contributed by atoms with Crippen LogP contribution < -0.4 is 5.32 Å². The third-order valence-electron chi connectivity index (χ3n) is 0.707. The fraction of sp³-hybridized carbons (Fsp3) is 1.00. The minimum atomic E-state index is 0. The fourth-order valence-electron chi connectivity index (χ4n) is 0.177. The van der Waals surface area contributed by atoms with Crippen molar-refractivity contribution in [3.05, 3.63) is 0 Å². The summed E-state index contributed by atoms with van der Waals surface area (Å²) in [4.78, 5) is 0. The molecule has 0 bridgehead atoms. The number of hydrogen-bond acceptors (Lipinski definition) is 1. The molecule has 1 nitrogen and oxygen atoms in total. The summed E-state index contributed by atoms with van der Waals surface area (Å²) >= 11 is 0. The summed E-state index contributed by atoms with van der Waals surface area (Å²) in [7, 11) is 0. The van der Waals surface area contributed by atoms with Crippen molar-refractivity contribution in [2.24, 2.45) is 0 Å². The summed E-state index contributed by atoms with van der Waals surface area (Å²) in [6, 6.07) is 0. The molecule has 1 aliphatic rings. The van der Waals surface area contributed by atoms with Crippen LogP contribution in [0.3, 0.4) is 0 Å². The Morgan fingerprint density at radius 3 is 1.75 bits per heavy atom. The van der Waals surface area contributed by atoms with E-state index in [4.69, 9.17) is 0 Å². The van der Waals surface area contributed by atoms with Gasteiger partial charge in [-0.3, -0.25) is 0 Å². The van der Waals surface area contributed by atoms with E-state index in [1.54, 1.807) is 0 Å². The van der Waals surface area contributed by atoms with E-state index in [0.29, 0.717) is 0 Å². The van der Waals surface area contributed by atoms with Crippen molar-refractivity contribution in [1.29, 1.82) is 0 Å². The van der Waals surface area contributed by atoms with Crippen LogP contribution in [0.25, 0.3) is 0 Å². The van der Waals surface area contributed by atoms with E-state index < -0.39 is 0 Å². The van der Waals surface area contributed by atoms with Crippen molar-refractivity contribution in [3.63, 3.8) is 0 Å². The molecule has 1 rings (SSSR count). The van der Waals surface area contributed by atoms with Gasteiger partial charge >= 0.3 is 0 Å². The van der Waals surface area contributed by atoms with Crippen LogP contribution in [0.2, 0.25) is 0 Å². The van der Waals surface area contributed by atoms with Gasteiger partial charge < -0.3 is 5.32 Å². The Balaban J connectivity index is 0.000000160. The highest BCUT2D eigenvalue weighted by Gasteiger charge is 1.92. The second kappa shape index (κ2) is 0.725. The minimum absolute atomic E-state index is 0. The summed E-state index contributed by atoms with van der Waals surface area (Å²) in [5, 5.41) is 3.11. The van der Waals surface area contributed by atoms with E-state index in [-0.39, 0.29) is 1.43 Å². The molecule has 26 valence electrons. The maximum absolute atomic E-state index is 3.11. The summed E-state index contributed by atoms with van der Waals surface area (Å²) in [5.41, 5.74) is 0. The molecule has 4 heavy (non-hydrogen) atoms. The first-order valence-corrected chi connectivity index (χ1v) is 1.71. The molecule has 1 heterocycles. The molecule has 0 aromatic rings. The first kappa shape index (κ1) is 2.21. The van der Waals surface area contributed by atoms with Crippen molar-refractivity contribution in [1.82, 2.24) is 5.32 Å². The van der Waals surface area contributed by atoms with Gasteiger partial charge in [-0.1, -0.05) is 0 Å². The highest BCUT2D eigenvalue weighted by molar-refractivity contribution is 4.56. The van der Waals surface area contributed by atoms with E-state index in [2.05, 4.69) is 5.32 Å². The molecule has 1 fully saturated rings. The Labute approximate surface area is 27.5 Å². The SMILES string of the molecule is C1CNC1.[HH]. The molecule has 1 saturated heterocycles. The predicted octanol–water partition coefficient (Wildman–Crippen LogP) is 0.226. The van der Waals surface area contributed by atoms with Gasteiger partial charge in [0.25, 0.3) is 0 Å². The van der Waals surface area contributed by atoms with E-state index in [1.165, 1.54) is 19.5 Å². The fourth-order valence-corrected chi connectivity index (χ4v) is 0.177. The van der Waals surface area contributed by atoms with Crippen molar-refractivity contribution in [3.8, 4) is 0 Å². The van der Waals surface area contributed by atoms with Crippen molar-refractivity contribution >= 4 is 0 Å². The summed E-state index contributed by atoms with van der Waals surface area (Å²) in [6.45, 7) is 2.50. The van der Waals surface area contributed by atoms with E-state index in [0.717, 1.165) is 0 Å². The lowest BCUT2D eigenvalue weighted by molar-refractivity contribution is 0.527. The van der Waals surface area contributed by atoms with Crippen LogP contribution in [0.15, 0.2) is 0 Å². The average Bonchev–Trinajstić information content (AvgIpc) is 0.722. The molecule has 1 N–H and O–H groups in total. The molecule has 1 aliphatic heterocycles. The van der Waals surface area contributed by atoms with Crippen LogP contribution in [-0.4, -0.2) is 13.1 Å². The predicted molar refractivity (Wildman–Crippen MR) is 19.6 cm³/mol. The number of rotatable bonds is 0. The van der Waals surface area contributed by atoms with E-state index in [1.807, 2.05) is 0 Å². The van der Waals surface area contributed by atoms with Crippen LogP contribution >= 0.6 is 0 Å². The van der Waals surface area contributed by atoms with Gasteiger partial charge in [-0.05, 0) is 19.5 Å². The Morgan fingerprint density at radius 2 is 1.75 bits per heavy atom. The van der Waals surface area contributed by atoms with Crippen molar-refractivity contribution in [2.75, 3.05) is 13.1 Å². The monoisotopic (exact) mass is 59.1 g/mol. The molecule has 0 atom stereocenters.